The Morgan fingerprint density at radius 2 is 1.39 bits per heavy atom. The van der Waals surface area contributed by atoms with Crippen molar-refractivity contribution < 1.29 is 33.9 Å². The maximum Gasteiger partial charge on any atom is 0.326 e. The molecule has 0 aliphatic carbocycles. The number of aliphatic imine (C=N–C) groups is 1. The molecule has 4 unspecified atom stereocenters. The lowest BCUT2D eigenvalue weighted by Crippen LogP contribution is -2.59. The molecule has 36 heavy (non-hydrogen) atoms. The highest BCUT2D eigenvalue weighted by Gasteiger charge is 2.32. The molecule has 14 N–H and O–H groups in total. The maximum atomic E-state index is 12.9. The number of carboxylic acids is 1. The fourth-order valence-electron chi connectivity index (χ4n) is 2.93. The molecule has 0 spiro atoms. The van der Waals surface area contributed by atoms with Gasteiger partial charge in [0.1, 0.15) is 18.1 Å². The van der Waals surface area contributed by atoms with Gasteiger partial charge in [-0.2, -0.15) is 0 Å². The summed E-state index contributed by atoms with van der Waals surface area (Å²) in [4.78, 5) is 75.6. The lowest BCUT2D eigenvalue weighted by atomic mass is 10.0. The molecule has 0 aromatic carbocycles. The van der Waals surface area contributed by atoms with Gasteiger partial charge in [0.25, 0.3) is 0 Å². The Bertz CT molecular complexity index is 843. The molecule has 4 atom stereocenters. The quantitative estimate of drug-likeness (QED) is 0.0509. The van der Waals surface area contributed by atoms with Gasteiger partial charge in [-0.3, -0.25) is 29.0 Å². The van der Waals surface area contributed by atoms with Crippen LogP contribution in [0.25, 0.3) is 0 Å². The number of carbonyl (C=O) groups is 6. The molecule has 16 nitrogen and oxygen atoms in total. The third-order valence-corrected chi connectivity index (χ3v) is 4.88. The van der Waals surface area contributed by atoms with Crippen LogP contribution in [-0.2, 0) is 28.8 Å². The SMILES string of the molecule is CC(C)C(NC(=O)C(N)CCC(N)=O)C(=O)NC(CC(N)=O)C(=O)NC(CCCN=C(N)N)C(=O)O. The van der Waals surface area contributed by atoms with E-state index in [-0.39, 0.29) is 38.2 Å². The number of nitrogens with two attached hydrogens (primary N) is 5. The van der Waals surface area contributed by atoms with E-state index in [0.29, 0.717) is 0 Å². The summed E-state index contributed by atoms with van der Waals surface area (Å²) in [6, 6.07) is -5.17. The summed E-state index contributed by atoms with van der Waals surface area (Å²) in [5.41, 5.74) is 26.4. The van der Waals surface area contributed by atoms with E-state index in [1.54, 1.807) is 13.8 Å². The zero-order chi connectivity index (χ0) is 28.0. The topological polar surface area (TPSA) is 301 Å². The second-order valence-electron chi connectivity index (χ2n) is 8.42. The molecule has 0 aliphatic heterocycles. The number of nitrogens with zero attached hydrogens (tertiary/aromatic N) is 1. The van der Waals surface area contributed by atoms with E-state index >= 15 is 0 Å². The molecule has 204 valence electrons. The van der Waals surface area contributed by atoms with Crippen molar-refractivity contribution in [3.05, 3.63) is 0 Å². The van der Waals surface area contributed by atoms with Crippen LogP contribution in [0.1, 0.15) is 46.0 Å². The number of hydrogen-bond acceptors (Lipinski definition) is 8. The zero-order valence-corrected chi connectivity index (χ0v) is 20.4. The summed E-state index contributed by atoms with van der Waals surface area (Å²) in [6.07, 6.45) is -0.623. The van der Waals surface area contributed by atoms with Gasteiger partial charge in [-0.05, 0) is 25.2 Å². The van der Waals surface area contributed by atoms with Gasteiger partial charge in [0, 0.05) is 13.0 Å². The van der Waals surface area contributed by atoms with E-state index < -0.39 is 72.0 Å². The van der Waals surface area contributed by atoms with E-state index in [0.717, 1.165) is 0 Å². The molecule has 0 heterocycles. The highest BCUT2D eigenvalue weighted by molar-refractivity contribution is 5.96. The van der Waals surface area contributed by atoms with Gasteiger partial charge in [0.15, 0.2) is 5.96 Å². The maximum absolute atomic E-state index is 12.9. The lowest BCUT2D eigenvalue weighted by molar-refractivity contribution is -0.142. The van der Waals surface area contributed by atoms with Crippen molar-refractivity contribution in [3.63, 3.8) is 0 Å². The number of carboxylic acid groups (broad SMARTS) is 1. The Morgan fingerprint density at radius 3 is 1.86 bits per heavy atom. The van der Waals surface area contributed by atoms with Gasteiger partial charge in [0.05, 0.1) is 12.5 Å². The summed E-state index contributed by atoms with van der Waals surface area (Å²) in [5.74, 6) is -6.11. The van der Waals surface area contributed by atoms with E-state index in [1.807, 2.05) is 0 Å². The van der Waals surface area contributed by atoms with Crippen LogP contribution in [0, 0.1) is 5.92 Å². The summed E-state index contributed by atoms with van der Waals surface area (Å²) >= 11 is 0. The number of guanidine groups is 1. The minimum absolute atomic E-state index is 0.0387. The van der Waals surface area contributed by atoms with Crippen molar-refractivity contribution in [1.82, 2.24) is 16.0 Å². The molecule has 0 rings (SSSR count). The molecular formula is C20H37N9O7. The van der Waals surface area contributed by atoms with Crippen LogP contribution in [0.3, 0.4) is 0 Å². The molecule has 0 aliphatic rings. The average molecular weight is 516 g/mol. The predicted molar refractivity (Wildman–Crippen MR) is 128 cm³/mol. The van der Waals surface area contributed by atoms with Crippen LogP contribution in [0.2, 0.25) is 0 Å². The largest absolute Gasteiger partial charge is 0.480 e. The molecule has 0 saturated heterocycles. The molecular weight excluding hydrogens is 478 g/mol. The molecule has 16 heteroatoms. The fraction of sp³-hybridized carbons (Fsp3) is 0.650. The Hall–Kier alpha value is -3.95. The lowest BCUT2D eigenvalue weighted by Gasteiger charge is -2.26. The standard InChI is InChI=1S/C20H37N9O7/c1-9(2)15(29-16(32)10(21)5-6-13(22)30)18(34)28-12(8-14(23)31)17(33)27-11(19(35)36)4-3-7-26-20(24)25/h9-12,15H,3-8,21H2,1-2H3,(H2,22,30)(H2,23,31)(H,27,33)(H,28,34)(H,29,32)(H,35,36)(H4,24,25,26). The first-order valence-electron chi connectivity index (χ1n) is 11.2. The molecule has 5 amide bonds. The van der Waals surface area contributed by atoms with Crippen molar-refractivity contribution >= 4 is 41.5 Å². The van der Waals surface area contributed by atoms with Gasteiger partial charge in [0.2, 0.25) is 29.5 Å². The van der Waals surface area contributed by atoms with E-state index in [1.165, 1.54) is 0 Å². The van der Waals surface area contributed by atoms with Gasteiger partial charge in [-0.25, -0.2) is 4.79 Å². The van der Waals surface area contributed by atoms with Gasteiger partial charge in [-0.15, -0.1) is 0 Å². The smallest absolute Gasteiger partial charge is 0.326 e. The number of primary amides is 2. The first kappa shape index (κ1) is 32.0. The first-order valence-corrected chi connectivity index (χ1v) is 11.2. The molecule has 0 aromatic rings. The van der Waals surface area contributed by atoms with Crippen molar-refractivity contribution in [2.45, 2.75) is 70.1 Å². The van der Waals surface area contributed by atoms with Gasteiger partial charge >= 0.3 is 5.97 Å². The Morgan fingerprint density at radius 1 is 0.806 bits per heavy atom. The monoisotopic (exact) mass is 515 g/mol. The number of amides is 5. The molecule has 0 fully saturated rings. The Labute approximate surface area is 208 Å². The van der Waals surface area contributed by atoms with Gasteiger partial charge < -0.3 is 49.7 Å². The summed E-state index contributed by atoms with van der Waals surface area (Å²) < 4.78 is 0. The zero-order valence-electron chi connectivity index (χ0n) is 20.4. The van der Waals surface area contributed by atoms with Crippen LogP contribution >= 0.6 is 0 Å². The summed E-state index contributed by atoms with van der Waals surface area (Å²) in [7, 11) is 0. The van der Waals surface area contributed by atoms with Crippen LogP contribution in [-0.4, -0.2) is 77.3 Å². The average Bonchev–Trinajstić information content (AvgIpc) is 2.75. The fourth-order valence-corrected chi connectivity index (χ4v) is 2.93. The van der Waals surface area contributed by atoms with Crippen molar-refractivity contribution in [3.8, 4) is 0 Å². The highest BCUT2D eigenvalue weighted by Crippen LogP contribution is 2.06. The van der Waals surface area contributed by atoms with Crippen LogP contribution < -0.4 is 44.6 Å². The number of nitrogens with one attached hydrogen (secondary N) is 3. The van der Waals surface area contributed by atoms with Crippen molar-refractivity contribution in [1.29, 1.82) is 0 Å². The Kier molecular flexibility index (Phi) is 14.1. The van der Waals surface area contributed by atoms with Crippen LogP contribution in [0.4, 0.5) is 0 Å². The minimum Gasteiger partial charge on any atom is -0.480 e. The second-order valence-corrected chi connectivity index (χ2v) is 8.42. The molecule has 0 bridgehead atoms. The number of carbonyl (C=O) groups excluding carboxylic acids is 5. The van der Waals surface area contributed by atoms with Crippen LogP contribution in [0.15, 0.2) is 4.99 Å². The van der Waals surface area contributed by atoms with E-state index in [9.17, 15) is 33.9 Å². The summed E-state index contributed by atoms with van der Waals surface area (Å²) in [5, 5.41) is 16.4. The molecule has 0 radical (unpaired) electrons. The van der Waals surface area contributed by atoms with E-state index in [4.69, 9.17) is 28.7 Å². The number of rotatable bonds is 17. The first-order chi connectivity index (χ1) is 16.6. The molecule has 0 saturated carbocycles. The molecule has 0 aromatic heterocycles. The third-order valence-electron chi connectivity index (χ3n) is 4.88. The number of aliphatic carboxylic acids is 1. The highest BCUT2D eigenvalue weighted by atomic mass is 16.4. The van der Waals surface area contributed by atoms with Gasteiger partial charge in [-0.1, -0.05) is 13.8 Å². The summed E-state index contributed by atoms with van der Waals surface area (Å²) in [6.45, 7) is 3.35. The van der Waals surface area contributed by atoms with E-state index in [2.05, 4.69) is 20.9 Å². The normalized spacial score (nSPS) is 14.0. The van der Waals surface area contributed by atoms with Crippen molar-refractivity contribution in [2.75, 3.05) is 6.54 Å². The number of hydrogen-bond donors (Lipinski definition) is 9. The second kappa shape index (κ2) is 15.9. The third kappa shape index (κ3) is 13.1. The predicted octanol–water partition coefficient (Wildman–Crippen LogP) is -4.30. The van der Waals surface area contributed by atoms with Crippen LogP contribution in [0.5, 0.6) is 0 Å². The minimum atomic E-state index is -1.52. The van der Waals surface area contributed by atoms with Crippen molar-refractivity contribution in [2.24, 2.45) is 39.6 Å². The Balaban J connectivity index is 5.40.